The fourth-order valence-electron chi connectivity index (χ4n) is 5.15. The molecule has 2 bridgehead atoms. The third-order valence-corrected chi connectivity index (χ3v) is 6.32. The van der Waals surface area contributed by atoms with Crippen molar-refractivity contribution < 1.29 is 37.4 Å². The van der Waals surface area contributed by atoms with E-state index in [0.717, 1.165) is 12.1 Å². The summed E-state index contributed by atoms with van der Waals surface area (Å²) in [5.41, 5.74) is -4.83. The molecule has 3 heterocycles. The average molecular weight is 408 g/mol. The number of nitrogens with zero attached hydrogens (tertiary/aromatic N) is 2. The van der Waals surface area contributed by atoms with Crippen LogP contribution in [0.3, 0.4) is 0 Å². The van der Waals surface area contributed by atoms with Gasteiger partial charge >= 0.3 is 12.1 Å². The molecule has 2 amide bonds. The van der Waals surface area contributed by atoms with Crippen LogP contribution >= 0.6 is 0 Å². The lowest BCUT2D eigenvalue weighted by molar-refractivity contribution is -0.150. The van der Waals surface area contributed by atoms with E-state index in [-0.39, 0.29) is 12.1 Å². The Labute approximate surface area is 162 Å². The Kier molecular flexibility index (Phi) is 3.72. The molecule has 1 aromatic carbocycles. The Bertz CT molecular complexity index is 1020. The van der Waals surface area contributed by atoms with Crippen LogP contribution in [0.15, 0.2) is 18.2 Å². The minimum Gasteiger partial charge on any atom is -0.481 e. The largest absolute Gasteiger partial charge is 0.481 e. The zero-order valence-electron chi connectivity index (χ0n) is 15.3. The molecule has 1 unspecified atom stereocenters. The second kappa shape index (κ2) is 5.57. The molecule has 1 N–H and O–H groups in total. The van der Waals surface area contributed by atoms with E-state index in [4.69, 9.17) is 10.00 Å². The number of nitriles is 1. The smallest absolute Gasteiger partial charge is 0.417 e. The van der Waals surface area contributed by atoms with Crippen LogP contribution in [0.5, 0.6) is 0 Å². The minimum absolute atomic E-state index is 0.0219. The molecular formula is C19H15F3N2O5. The van der Waals surface area contributed by atoms with Crippen molar-refractivity contribution in [2.45, 2.75) is 37.6 Å². The summed E-state index contributed by atoms with van der Waals surface area (Å²) in [7, 11) is 0. The molecule has 152 valence electrons. The first kappa shape index (κ1) is 19.4. The Morgan fingerprint density at radius 3 is 2.45 bits per heavy atom. The number of halogens is 3. The molecule has 3 aliphatic heterocycles. The van der Waals surface area contributed by atoms with Crippen LogP contribution in [0.4, 0.5) is 18.9 Å². The summed E-state index contributed by atoms with van der Waals surface area (Å²) in [6, 6.07) is 4.05. The monoisotopic (exact) mass is 408 g/mol. The molecule has 5 atom stereocenters. The van der Waals surface area contributed by atoms with E-state index in [1.807, 2.05) is 0 Å². The van der Waals surface area contributed by atoms with Crippen LogP contribution in [0.25, 0.3) is 0 Å². The first-order valence-corrected chi connectivity index (χ1v) is 8.77. The van der Waals surface area contributed by atoms with E-state index >= 15 is 0 Å². The number of anilines is 1. The maximum atomic E-state index is 13.3. The van der Waals surface area contributed by atoms with Crippen molar-refractivity contribution in [3.05, 3.63) is 29.3 Å². The van der Waals surface area contributed by atoms with Gasteiger partial charge in [0, 0.05) is 0 Å². The topological polar surface area (TPSA) is 108 Å². The molecule has 3 saturated heterocycles. The van der Waals surface area contributed by atoms with Crippen LogP contribution < -0.4 is 4.90 Å². The number of hydrogen-bond acceptors (Lipinski definition) is 5. The number of imide groups is 1. The number of carbonyl (C=O) groups excluding carboxylic acids is 2. The van der Waals surface area contributed by atoms with Gasteiger partial charge in [-0.15, -0.1) is 0 Å². The van der Waals surface area contributed by atoms with Crippen LogP contribution in [0.1, 0.15) is 31.4 Å². The second-order valence-corrected chi connectivity index (χ2v) is 8.00. The van der Waals surface area contributed by atoms with Gasteiger partial charge in [-0.3, -0.25) is 14.4 Å². The molecule has 0 aliphatic carbocycles. The molecule has 0 radical (unpaired) electrons. The summed E-state index contributed by atoms with van der Waals surface area (Å²) < 4.78 is 45.8. The summed E-state index contributed by atoms with van der Waals surface area (Å²) in [6.07, 6.45) is -4.83. The predicted molar refractivity (Wildman–Crippen MR) is 89.3 cm³/mol. The Balaban J connectivity index is 1.81. The first-order valence-electron chi connectivity index (χ1n) is 8.77. The fraction of sp³-hybridized carbons (Fsp3) is 0.474. The zero-order chi connectivity index (χ0) is 21.5. The number of carbonyl (C=O) groups is 3. The Morgan fingerprint density at radius 2 is 1.90 bits per heavy atom. The molecule has 1 aromatic rings. The van der Waals surface area contributed by atoms with Gasteiger partial charge in [0.1, 0.15) is 0 Å². The molecule has 4 rings (SSSR count). The van der Waals surface area contributed by atoms with Crippen molar-refractivity contribution in [1.29, 1.82) is 5.26 Å². The molecule has 3 aliphatic rings. The van der Waals surface area contributed by atoms with Crippen molar-refractivity contribution in [2.75, 3.05) is 4.90 Å². The molecule has 0 saturated carbocycles. The zero-order valence-corrected chi connectivity index (χ0v) is 15.3. The Morgan fingerprint density at radius 1 is 1.28 bits per heavy atom. The summed E-state index contributed by atoms with van der Waals surface area (Å²) in [4.78, 5) is 38.5. The van der Waals surface area contributed by atoms with E-state index in [1.165, 1.54) is 13.0 Å². The number of fused-ring (bicyclic) bond motifs is 5. The summed E-state index contributed by atoms with van der Waals surface area (Å²) in [5.74, 6) is -5.80. The van der Waals surface area contributed by atoms with E-state index in [2.05, 4.69) is 0 Å². The van der Waals surface area contributed by atoms with Crippen LogP contribution in [0, 0.1) is 29.1 Å². The van der Waals surface area contributed by atoms with E-state index in [1.54, 1.807) is 6.92 Å². The SMILES string of the molecule is C[C@]12O[C@](C)(C[C@H]1C(=O)O)C1C(=O)N(c3ccc(C#N)c(C(F)(F)F)c3)C(=O)[C@H]12. The van der Waals surface area contributed by atoms with Gasteiger partial charge in [-0.2, -0.15) is 18.4 Å². The number of benzene rings is 1. The van der Waals surface area contributed by atoms with E-state index in [0.29, 0.717) is 11.0 Å². The molecule has 0 spiro atoms. The highest BCUT2D eigenvalue weighted by Crippen LogP contribution is 2.63. The maximum Gasteiger partial charge on any atom is 0.417 e. The number of rotatable bonds is 2. The van der Waals surface area contributed by atoms with Gasteiger partial charge in [-0.05, 0) is 38.5 Å². The molecule has 3 fully saturated rings. The number of hydrogen-bond donors (Lipinski definition) is 1. The van der Waals surface area contributed by atoms with Crippen LogP contribution in [-0.4, -0.2) is 34.1 Å². The lowest BCUT2D eigenvalue weighted by Gasteiger charge is -2.32. The third kappa shape index (κ3) is 2.37. The minimum atomic E-state index is -4.85. The number of ether oxygens (including phenoxy) is 1. The first-order chi connectivity index (χ1) is 13.3. The summed E-state index contributed by atoms with van der Waals surface area (Å²) in [5, 5.41) is 18.4. The molecule has 10 heteroatoms. The van der Waals surface area contributed by atoms with Crippen LogP contribution in [-0.2, 0) is 25.3 Å². The van der Waals surface area contributed by atoms with Gasteiger partial charge in [0.15, 0.2) is 0 Å². The fourth-order valence-corrected chi connectivity index (χ4v) is 5.15. The van der Waals surface area contributed by atoms with Gasteiger partial charge in [0.05, 0.1) is 51.8 Å². The lowest BCUT2D eigenvalue weighted by atomic mass is 9.64. The van der Waals surface area contributed by atoms with Gasteiger partial charge < -0.3 is 9.84 Å². The Hall–Kier alpha value is -2.93. The average Bonchev–Trinajstić information content (AvgIpc) is 3.15. The van der Waals surface area contributed by atoms with Crippen molar-refractivity contribution in [2.24, 2.45) is 17.8 Å². The quantitative estimate of drug-likeness (QED) is 0.753. The maximum absolute atomic E-state index is 13.3. The van der Waals surface area contributed by atoms with E-state index < -0.39 is 64.0 Å². The standard InChI is InChI=1S/C19H15F3N2O5/c1-17-6-11(16(27)28)18(2,29-17)13-12(17)14(25)24(15(13)26)9-4-3-8(7-23)10(5-9)19(20,21)22/h3-5,11-13H,6H2,1-2H3,(H,27,28)/t11-,12?,13-,17+,18-/m0/s1. The third-order valence-electron chi connectivity index (χ3n) is 6.32. The van der Waals surface area contributed by atoms with E-state index in [9.17, 15) is 32.7 Å². The highest BCUT2D eigenvalue weighted by Gasteiger charge is 2.77. The second-order valence-electron chi connectivity index (χ2n) is 8.00. The normalized spacial score (nSPS) is 35.7. The predicted octanol–water partition coefficient (Wildman–Crippen LogP) is 2.33. The molecular weight excluding hydrogens is 393 g/mol. The molecule has 29 heavy (non-hydrogen) atoms. The van der Waals surface area contributed by atoms with Gasteiger partial charge in [0.2, 0.25) is 11.8 Å². The van der Waals surface area contributed by atoms with Gasteiger partial charge in [0.25, 0.3) is 0 Å². The van der Waals surface area contributed by atoms with Crippen molar-refractivity contribution in [3.8, 4) is 6.07 Å². The van der Waals surface area contributed by atoms with Gasteiger partial charge in [-0.25, -0.2) is 4.90 Å². The lowest BCUT2D eigenvalue weighted by Crippen LogP contribution is -2.48. The number of amides is 2. The van der Waals surface area contributed by atoms with Gasteiger partial charge in [-0.1, -0.05) is 0 Å². The van der Waals surface area contributed by atoms with Crippen molar-refractivity contribution in [1.82, 2.24) is 0 Å². The molecule has 0 aromatic heterocycles. The highest BCUT2D eigenvalue weighted by molar-refractivity contribution is 6.23. The number of aliphatic carboxylic acids is 1. The van der Waals surface area contributed by atoms with Crippen molar-refractivity contribution >= 4 is 23.5 Å². The van der Waals surface area contributed by atoms with Crippen LogP contribution in [0.2, 0.25) is 0 Å². The molecule has 7 nitrogen and oxygen atoms in total. The summed E-state index contributed by atoms with van der Waals surface area (Å²) in [6.45, 7) is 3.00. The number of alkyl halides is 3. The number of carboxylic acid groups (broad SMARTS) is 1. The number of carboxylic acids is 1. The summed E-state index contributed by atoms with van der Waals surface area (Å²) >= 11 is 0. The van der Waals surface area contributed by atoms with Crippen molar-refractivity contribution in [3.63, 3.8) is 0 Å². The highest BCUT2D eigenvalue weighted by atomic mass is 19.4.